The quantitative estimate of drug-likeness (QED) is 0.659. The van der Waals surface area contributed by atoms with E-state index in [0.29, 0.717) is 11.1 Å². The van der Waals surface area contributed by atoms with Gasteiger partial charge in [-0.1, -0.05) is 15.9 Å². The molecule has 0 bridgehead atoms. The lowest BCUT2D eigenvalue weighted by molar-refractivity contribution is 0.226. The zero-order valence-electron chi connectivity index (χ0n) is 6.79. The number of halogens is 1. The summed E-state index contributed by atoms with van der Waals surface area (Å²) in [6.45, 7) is 1.92. The Balaban J connectivity index is 2.38. The van der Waals surface area contributed by atoms with Crippen molar-refractivity contribution in [2.45, 2.75) is 17.9 Å². The number of rotatable bonds is 4. The fourth-order valence-corrected chi connectivity index (χ4v) is 2.18. The van der Waals surface area contributed by atoms with Crippen molar-refractivity contribution in [2.75, 3.05) is 11.1 Å². The van der Waals surface area contributed by atoms with E-state index in [1.807, 2.05) is 13.0 Å². The summed E-state index contributed by atoms with van der Waals surface area (Å²) in [6, 6.07) is 1.92. The van der Waals surface area contributed by atoms with Crippen molar-refractivity contribution in [3.63, 3.8) is 0 Å². The van der Waals surface area contributed by atoms with E-state index >= 15 is 0 Å². The summed E-state index contributed by atoms with van der Waals surface area (Å²) in [5.41, 5.74) is 0. The Hall–Kier alpha value is 0.0700. The van der Waals surface area contributed by atoms with E-state index in [-0.39, 0.29) is 6.10 Å². The van der Waals surface area contributed by atoms with Gasteiger partial charge in [-0.25, -0.2) is 0 Å². The van der Waals surface area contributed by atoms with Crippen LogP contribution in [0, 0.1) is 6.92 Å². The van der Waals surface area contributed by atoms with Gasteiger partial charge in [0.25, 0.3) is 0 Å². The minimum atomic E-state index is -0.288. The van der Waals surface area contributed by atoms with Gasteiger partial charge in [-0.15, -0.1) is 11.8 Å². The standard InChI is InChI=1S/C8H11BrO2S/c1-6-8(2-3-11-6)12-5-7(10)4-9/h2-3,7,10H,4-5H2,1H3. The summed E-state index contributed by atoms with van der Waals surface area (Å²) in [6.07, 6.45) is 1.38. The van der Waals surface area contributed by atoms with Gasteiger partial charge in [0, 0.05) is 16.0 Å². The second-order valence-electron chi connectivity index (χ2n) is 2.46. The maximum Gasteiger partial charge on any atom is 0.114 e. The highest BCUT2D eigenvalue weighted by Gasteiger charge is 2.05. The molecule has 12 heavy (non-hydrogen) atoms. The molecule has 0 aliphatic carbocycles. The number of hydrogen-bond donors (Lipinski definition) is 1. The maximum absolute atomic E-state index is 9.25. The van der Waals surface area contributed by atoms with Crippen LogP contribution >= 0.6 is 27.7 Å². The van der Waals surface area contributed by atoms with E-state index in [0.717, 1.165) is 10.7 Å². The highest BCUT2D eigenvalue weighted by atomic mass is 79.9. The first kappa shape index (κ1) is 10.2. The van der Waals surface area contributed by atoms with Crippen LogP contribution in [-0.4, -0.2) is 22.3 Å². The topological polar surface area (TPSA) is 33.4 Å². The van der Waals surface area contributed by atoms with Gasteiger partial charge in [0.05, 0.1) is 12.4 Å². The molecule has 4 heteroatoms. The van der Waals surface area contributed by atoms with Gasteiger partial charge in [0.2, 0.25) is 0 Å². The normalized spacial score (nSPS) is 13.2. The molecule has 0 fully saturated rings. The van der Waals surface area contributed by atoms with Gasteiger partial charge >= 0.3 is 0 Å². The van der Waals surface area contributed by atoms with Gasteiger partial charge < -0.3 is 9.52 Å². The number of alkyl halides is 1. The van der Waals surface area contributed by atoms with Gasteiger partial charge in [-0.05, 0) is 13.0 Å². The third-order valence-corrected chi connectivity index (χ3v) is 3.45. The molecule has 68 valence electrons. The molecule has 1 aromatic heterocycles. The Morgan fingerprint density at radius 3 is 3.00 bits per heavy atom. The van der Waals surface area contributed by atoms with E-state index in [1.54, 1.807) is 18.0 Å². The van der Waals surface area contributed by atoms with E-state index in [9.17, 15) is 5.11 Å². The van der Waals surface area contributed by atoms with Gasteiger partial charge in [0.15, 0.2) is 0 Å². The van der Waals surface area contributed by atoms with Crippen LogP contribution in [0.3, 0.4) is 0 Å². The number of hydrogen-bond acceptors (Lipinski definition) is 3. The smallest absolute Gasteiger partial charge is 0.114 e. The average molecular weight is 251 g/mol. The first-order valence-electron chi connectivity index (χ1n) is 3.65. The van der Waals surface area contributed by atoms with Crippen molar-refractivity contribution in [1.29, 1.82) is 0 Å². The molecule has 0 aromatic carbocycles. The predicted octanol–water partition coefficient (Wildman–Crippen LogP) is 2.44. The SMILES string of the molecule is Cc1occc1SCC(O)CBr. The molecular formula is C8H11BrO2S. The molecule has 0 amide bonds. The molecular weight excluding hydrogens is 240 g/mol. The molecule has 2 nitrogen and oxygen atoms in total. The highest BCUT2D eigenvalue weighted by molar-refractivity contribution is 9.09. The third-order valence-electron chi connectivity index (χ3n) is 1.42. The van der Waals surface area contributed by atoms with Crippen LogP contribution in [0.15, 0.2) is 21.6 Å². The van der Waals surface area contributed by atoms with Gasteiger partial charge in [0.1, 0.15) is 5.76 Å². The second-order valence-corrected chi connectivity index (χ2v) is 4.17. The number of aliphatic hydroxyl groups is 1. The summed E-state index contributed by atoms with van der Waals surface area (Å²) in [7, 11) is 0. The average Bonchev–Trinajstić information content (AvgIpc) is 2.47. The summed E-state index contributed by atoms with van der Waals surface area (Å²) in [4.78, 5) is 1.11. The second kappa shape index (κ2) is 4.94. The summed E-state index contributed by atoms with van der Waals surface area (Å²) in [5, 5.41) is 9.87. The van der Waals surface area contributed by atoms with Crippen molar-refractivity contribution in [3.8, 4) is 0 Å². The molecule has 0 saturated carbocycles. The van der Waals surface area contributed by atoms with Crippen LogP contribution in [-0.2, 0) is 0 Å². The minimum Gasteiger partial charge on any atom is -0.468 e. The van der Waals surface area contributed by atoms with E-state index in [4.69, 9.17) is 4.42 Å². The molecule has 1 rings (SSSR count). The largest absolute Gasteiger partial charge is 0.468 e. The fraction of sp³-hybridized carbons (Fsp3) is 0.500. The van der Waals surface area contributed by atoms with Crippen LogP contribution in [0.5, 0.6) is 0 Å². The number of furan rings is 1. The first-order valence-corrected chi connectivity index (χ1v) is 5.75. The Morgan fingerprint density at radius 1 is 1.75 bits per heavy atom. The number of aliphatic hydroxyl groups excluding tert-OH is 1. The Labute approximate surface area is 84.5 Å². The highest BCUT2D eigenvalue weighted by Crippen LogP contribution is 2.23. The van der Waals surface area contributed by atoms with Crippen LogP contribution in [0.1, 0.15) is 5.76 Å². The van der Waals surface area contributed by atoms with Crippen molar-refractivity contribution in [1.82, 2.24) is 0 Å². The zero-order chi connectivity index (χ0) is 8.97. The molecule has 0 saturated heterocycles. The molecule has 1 heterocycles. The van der Waals surface area contributed by atoms with Crippen molar-refractivity contribution in [2.24, 2.45) is 0 Å². The summed E-state index contributed by atoms with van der Waals surface area (Å²) >= 11 is 4.82. The van der Waals surface area contributed by atoms with E-state index in [2.05, 4.69) is 15.9 Å². The molecule has 0 spiro atoms. The zero-order valence-corrected chi connectivity index (χ0v) is 9.19. The van der Waals surface area contributed by atoms with Crippen molar-refractivity contribution >= 4 is 27.7 Å². The lowest BCUT2D eigenvalue weighted by Crippen LogP contribution is -2.10. The minimum absolute atomic E-state index is 0.288. The summed E-state index contributed by atoms with van der Waals surface area (Å²) in [5.74, 6) is 1.62. The molecule has 0 radical (unpaired) electrons. The monoisotopic (exact) mass is 250 g/mol. The van der Waals surface area contributed by atoms with Crippen LogP contribution in [0.4, 0.5) is 0 Å². The Kier molecular flexibility index (Phi) is 4.18. The molecule has 1 unspecified atom stereocenters. The Morgan fingerprint density at radius 2 is 2.50 bits per heavy atom. The van der Waals surface area contributed by atoms with Crippen LogP contribution in [0.25, 0.3) is 0 Å². The lowest BCUT2D eigenvalue weighted by atomic mass is 10.5. The Bertz CT molecular complexity index is 237. The van der Waals surface area contributed by atoms with E-state index < -0.39 is 0 Å². The number of thioether (sulfide) groups is 1. The molecule has 1 aromatic rings. The van der Waals surface area contributed by atoms with Crippen LogP contribution < -0.4 is 0 Å². The lowest BCUT2D eigenvalue weighted by Gasteiger charge is -2.04. The van der Waals surface area contributed by atoms with E-state index in [1.165, 1.54) is 0 Å². The molecule has 1 atom stereocenters. The van der Waals surface area contributed by atoms with Crippen molar-refractivity contribution in [3.05, 3.63) is 18.1 Å². The third kappa shape index (κ3) is 2.84. The van der Waals surface area contributed by atoms with Crippen molar-refractivity contribution < 1.29 is 9.52 Å². The summed E-state index contributed by atoms with van der Waals surface area (Å²) < 4.78 is 5.12. The predicted molar refractivity (Wildman–Crippen MR) is 54.0 cm³/mol. The number of aryl methyl sites for hydroxylation is 1. The van der Waals surface area contributed by atoms with Gasteiger partial charge in [-0.3, -0.25) is 0 Å². The van der Waals surface area contributed by atoms with Crippen LogP contribution in [0.2, 0.25) is 0 Å². The first-order chi connectivity index (χ1) is 5.74. The fourth-order valence-electron chi connectivity index (χ4n) is 0.754. The maximum atomic E-state index is 9.25. The molecule has 0 aliphatic heterocycles. The molecule has 0 aliphatic rings. The molecule has 1 N–H and O–H groups in total. The van der Waals surface area contributed by atoms with Gasteiger partial charge in [-0.2, -0.15) is 0 Å².